The zero-order valence-corrected chi connectivity index (χ0v) is 9.46. The maximum atomic E-state index is 11.9. The minimum absolute atomic E-state index is 0.000356. The van der Waals surface area contributed by atoms with E-state index in [1.807, 2.05) is 0 Å². The number of Topliss-reactive ketones (excluding diaryl/α,β-unsaturated/α-hetero) is 1. The summed E-state index contributed by atoms with van der Waals surface area (Å²) in [4.78, 5) is 26.4. The summed E-state index contributed by atoms with van der Waals surface area (Å²) in [6, 6.07) is 6.22. The maximum Gasteiger partial charge on any atom is 0.303 e. The Kier molecular flexibility index (Phi) is 3.23. The number of benzene rings is 1. The molecule has 1 aromatic carbocycles. The maximum absolute atomic E-state index is 11.9. The number of rotatable bonds is 4. The van der Waals surface area contributed by atoms with Crippen LogP contribution in [0.25, 0.3) is 10.9 Å². The van der Waals surface area contributed by atoms with Crippen LogP contribution in [0.2, 0.25) is 0 Å². The molecule has 2 aromatic rings. The number of ketones is 1. The number of hydrogen-bond donors (Lipinski definition) is 2. The topological polar surface area (TPSA) is 87.5 Å². The van der Waals surface area contributed by atoms with Crippen molar-refractivity contribution in [2.75, 3.05) is 0 Å². The molecule has 92 valence electrons. The number of carbonyl (C=O) groups is 2. The molecule has 2 rings (SSSR count). The largest absolute Gasteiger partial charge is 0.506 e. The van der Waals surface area contributed by atoms with Crippen LogP contribution >= 0.6 is 0 Å². The van der Waals surface area contributed by atoms with Gasteiger partial charge in [-0.1, -0.05) is 6.07 Å². The summed E-state index contributed by atoms with van der Waals surface area (Å²) in [7, 11) is 0. The molecule has 5 heteroatoms. The molecule has 1 aromatic heterocycles. The third kappa shape index (κ3) is 2.29. The van der Waals surface area contributed by atoms with Crippen molar-refractivity contribution in [1.82, 2.24) is 4.98 Å². The normalized spacial score (nSPS) is 10.4. The molecule has 18 heavy (non-hydrogen) atoms. The van der Waals surface area contributed by atoms with Gasteiger partial charge in [0.2, 0.25) is 0 Å². The van der Waals surface area contributed by atoms with Gasteiger partial charge in [-0.25, -0.2) is 0 Å². The number of hydrogen-bond acceptors (Lipinski definition) is 4. The van der Waals surface area contributed by atoms with E-state index in [0.29, 0.717) is 16.5 Å². The summed E-state index contributed by atoms with van der Waals surface area (Å²) >= 11 is 0. The van der Waals surface area contributed by atoms with Gasteiger partial charge in [0.25, 0.3) is 0 Å². The van der Waals surface area contributed by atoms with Crippen LogP contribution in [-0.2, 0) is 4.79 Å². The number of aliphatic carboxylic acids is 1. The second-order valence-electron chi connectivity index (χ2n) is 3.85. The molecule has 2 N–H and O–H groups in total. The SMILES string of the molecule is O=C(O)CCC(=O)c1ccc(O)c2ncccc12. The van der Waals surface area contributed by atoms with Crippen molar-refractivity contribution < 1.29 is 19.8 Å². The molecule has 0 spiro atoms. The van der Waals surface area contributed by atoms with Gasteiger partial charge in [-0.15, -0.1) is 0 Å². The molecule has 0 atom stereocenters. The predicted molar refractivity (Wildman–Crippen MR) is 64.6 cm³/mol. The van der Waals surface area contributed by atoms with Crippen molar-refractivity contribution >= 4 is 22.7 Å². The van der Waals surface area contributed by atoms with Crippen LogP contribution in [-0.4, -0.2) is 26.9 Å². The Balaban J connectivity index is 2.42. The van der Waals surface area contributed by atoms with Crippen LogP contribution in [0.15, 0.2) is 30.5 Å². The molecule has 0 unspecified atom stereocenters. The Morgan fingerprint density at radius 1 is 1.17 bits per heavy atom. The van der Waals surface area contributed by atoms with Gasteiger partial charge in [0.15, 0.2) is 5.78 Å². The second kappa shape index (κ2) is 4.83. The van der Waals surface area contributed by atoms with Gasteiger partial charge in [-0.3, -0.25) is 14.6 Å². The third-order valence-electron chi connectivity index (χ3n) is 2.61. The highest BCUT2D eigenvalue weighted by molar-refractivity contribution is 6.09. The first kappa shape index (κ1) is 12.0. The van der Waals surface area contributed by atoms with Gasteiger partial charge >= 0.3 is 5.97 Å². The number of nitrogens with zero attached hydrogens (tertiary/aromatic N) is 1. The first-order valence-corrected chi connectivity index (χ1v) is 5.41. The van der Waals surface area contributed by atoms with Crippen LogP contribution in [0.3, 0.4) is 0 Å². The number of pyridine rings is 1. The molecule has 5 nitrogen and oxygen atoms in total. The van der Waals surface area contributed by atoms with Crippen molar-refractivity contribution in [3.8, 4) is 5.75 Å². The highest BCUT2D eigenvalue weighted by atomic mass is 16.4. The Labute approximate surface area is 103 Å². The van der Waals surface area contributed by atoms with E-state index in [2.05, 4.69) is 4.98 Å². The lowest BCUT2D eigenvalue weighted by atomic mass is 10.0. The standard InChI is InChI=1S/C13H11NO4/c15-10(5-6-12(17)18)8-3-4-11(16)13-9(8)2-1-7-14-13/h1-4,7,16H,5-6H2,(H,17,18). The van der Waals surface area contributed by atoms with E-state index in [-0.39, 0.29) is 24.4 Å². The minimum Gasteiger partial charge on any atom is -0.506 e. The lowest BCUT2D eigenvalue weighted by Gasteiger charge is -2.05. The number of phenols is 1. The van der Waals surface area contributed by atoms with Crippen molar-refractivity contribution in [2.45, 2.75) is 12.8 Å². The molecule has 0 fully saturated rings. The molecule has 0 aliphatic carbocycles. The second-order valence-corrected chi connectivity index (χ2v) is 3.85. The average Bonchev–Trinajstić information content (AvgIpc) is 2.37. The molecule has 0 bridgehead atoms. The third-order valence-corrected chi connectivity index (χ3v) is 2.61. The molecule has 0 aliphatic rings. The number of aromatic nitrogens is 1. The summed E-state index contributed by atoms with van der Waals surface area (Å²) in [5.74, 6) is -1.28. The number of fused-ring (bicyclic) bond motifs is 1. The van der Waals surface area contributed by atoms with Gasteiger partial charge in [0.05, 0.1) is 6.42 Å². The van der Waals surface area contributed by atoms with Crippen molar-refractivity contribution in [1.29, 1.82) is 0 Å². The van der Waals surface area contributed by atoms with Crippen molar-refractivity contribution in [3.63, 3.8) is 0 Å². The molecule has 0 radical (unpaired) electrons. The van der Waals surface area contributed by atoms with Gasteiger partial charge in [0, 0.05) is 23.6 Å². The van der Waals surface area contributed by atoms with E-state index in [1.54, 1.807) is 12.1 Å². The Hall–Kier alpha value is -2.43. The van der Waals surface area contributed by atoms with E-state index in [1.165, 1.54) is 18.3 Å². The van der Waals surface area contributed by atoms with E-state index >= 15 is 0 Å². The zero-order chi connectivity index (χ0) is 13.1. The van der Waals surface area contributed by atoms with Crippen molar-refractivity contribution in [2.24, 2.45) is 0 Å². The quantitative estimate of drug-likeness (QED) is 0.804. The van der Waals surface area contributed by atoms with E-state index in [9.17, 15) is 14.7 Å². The molecule has 0 amide bonds. The zero-order valence-electron chi connectivity index (χ0n) is 9.46. The molecular formula is C13H11NO4. The fraction of sp³-hybridized carbons (Fsp3) is 0.154. The van der Waals surface area contributed by atoms with Crippen LogP contribution in [0.5, 0.6) is 5.75 Å². The minimum atomic E-state index is -1.01. The Bertz CT molecular complexity index is 621. The molecular weight excluding hydrogens is 234 g/mol. The summed E-state index contributed by atoms with van der Waals surface area (Å²) < 4.78 is 0. The molecule has 0 saturated carbocycles. The van der Waals surface area contributed by atoms with Gasteiger partial charge < -0.3 is 10.2 Å². The van der Waals surface area contributed by atoms with Gasteiger partial charge in [-0.05, 0) is 18.2 Å². The molecule has 1 heterocycles. The highest BCUT2D eigenvalue weighted by Crippen LogP contribution is 2.26. The van der Waals surface area contributed by atoms with Gasteiger partial charge in [-0.2, -0.15) is 0 Å². The van der Waals surface area contributed by atoms with Crippen molar-refractivity contribution in [3.05, 3.63) is 36.0 Å². The first-order chi connectivity index (χ1) is 8.59. The summed E-state index contributed by atoms with van der Waals surface area (Å²) in [5, 5.41) is 18.7. The van der Waals surface area contributed by atoms with E-state index < -0.39 is 5.97 Å². The van der Waals surface area contributed by atoms with Crippen LogP contribution < -0.4 is 0 Å². The van der Waals surface area contributed by atoms with Crippen LogP contribution in [0, 0.1) is 0 Å². The summed E-state index contributed by atoms with van der Waals surface area (Å²) in [5.41, 5.74) is 0.732. The number of phenolic OH excluding ortho intramolecular Hbond substituents is 1. The Morgan fingerprint density at radius 3 is 2.67 bits per heavy atom. The lowest BCUT2D eigenvalue weighted by Crippen LogP contribution is -2.04. The number of carboxylic acids is 1. The number of carbonyl (C=O) groups excluding carboxylic acids is 1. The fourth-order valence-corrected chi connectivity index (χ4v) is 1.76. The monoisotopic (exact) mass is 245 g/mol. The summed E-state index contributed by atoms with van der Waals surface area (Å²) in [6.45, 7) is 0. The van der Waals surface area contributed by atoms with Gasteiger partial charge in [0.1, 0.15) is 11.3 Å². The fourth-order valence-electron chi connectivity index (χ4n) is 1.76. The van der Waals surface area contributed by atoms with E-state index in [0.717, 1.165) is 0 Å². The van der Waals surface area contributed by atoms with Crippen LogP contribution in [0.1, 0.15) is 23.2 Å². The first-order valence-electron chi connectivity index (χ1n) is 5.41. The van der Waals surface area contributed by atoms with E-state index in [4.69, 9.17) is 5.11 Å². The molecule has 0 saturated heterocycles. The summed E-state index contributed by atoms with van der Waals surface area (Å²) in [6.07, 6.45) is 1.25. The Morgan fingerprint density at radius 2 is 1.94 bits per heavy atom. The number of aromatic hydroxyl groups is 1. The smallest absolute Gasteiger partial charge is 0.303 e. The lowest BCUT2D eigenvalue weighted by molar-refractivity contribution is -0.136. The predicted octanol–water partition coefficient (Wildman–Crippen LogP) is 1.99. The highest BCUT2D eigenvalue weighted by Gasteiger charge is 2.13. The molecule has 0 aliphatic heterocycles. The number of carboxylic acid groups (broad SMARTS) is 1. The average molecular weight is 245 g/mol. The van der Waals surface area contributed by atoms with Crippen LogP contribution in [0.4, 0.5) is 0 Å².